The topological polar surface area (TPSA) is 35.2 Å². The lowest BCUT2D eigenvalue weighted by Crippen LogP contribution is -2.30. The van der Waals surface area contributed by atoms with Crippen LogP contribution in [0, 0.1) is 5.41 Å². The van der Waals surface area contributed by atoms with Gasteiger partial charge in [-0.05, 0) is 30.5 Å². The van der Waals surface area contributed by atoms with E-state index in [2.05, 4.69) is 0 Å². The molecular weight excluding hydrogens is 267 g/mol. The molecule has 0 amide bonds. The van der Waals surface area contributed by atoms with Crippen molar-refractivity contribution in [3.8, 4) is 5.75 Å². The first kappa shape index (κ1) is 13.5. The van der Waals surface area contributed by atoms with Crippen molar-refractivity contribution in [2.45, 2.75) is 25.6 Å². The summed E-state index contributed by atoms with van der Waals surface area (Å²) in [6.45, 7) is -0.0509. The van der Waals surface area contributed by atoms with Crippen molar-refractivity contribution >= 4 is 11.6 Å². The molecule has 1 fully saturated rings. The van der Waals surface area contributed by atoms with Gasteiger partial charge in [0, 0.05) is 6.54 Å². The summed E-state index contributed by atoms with van der Waals surface area (Å²) in [6, 6.07) is 4.84. The van der Waals surface area contributed by atoms with Gasteiger partial charge in [-0.2, -0.15) is 13.2 Å². The van der Waals surface area contributed by atoms with Crippen molar-refractivity contribution in [3.05, 3.63) is 28.8 Å². The van der Waals surface area contributed by atoms with E-state index in [1.165, 1.54) is 0 Å². The SMILES string of the molecule is NCc1ccc(OCC2(C(F)(F)F)CC2)c(Cl)c1. The minimum Gasteiger partial charge on any atom is -0.491 e. The summed E-state index contributed by atoms with van der Waals surface area (Å²) < 4.78 is 43.3. The molecule has 2 N–H and O–H groups in total. The van der Waals surface area contributed by atoms with E-state index in [1.807, 2.05) is 0 Å². The molecule has 0 saturated heterocycles. The van der Waals surface area contributed by atoms with E-state index in [-0.39, 0.29) is 30.2 Å². The number of alkyl halides is 3. The van der Waals surface area contributed by atoms with Gasteiger partial charge in [0.1, 0.15) is 17.8 Å². The fourth-order valence-corrected chi connectivity index (χ4v) is 1.92. The fraction of sp³-hybridized carbons (Fsp3) is 0.500. The van der Waals surface area contributed by atoms with Gasteiger partial charge in [-0.15, -0.1) is 0 Å². The van der Waals surface area contributed by atoms with Crippen LogP contribution in [0.2, 0.25) is 5.02 Å². The van der Waals surface area contributed by atoms with E-state index in [0.717, 1.165) is 5.56 Å². The maximum Gasteiger partial charge on any atom is 0.397 e. The highest BCUT2D eigenvalue weighted by atomic mass is 35.5. The lowest BCUT2D eigenvalue weighted by Gasteiger charge is -2.20. The Hall–Kier alpha value is -0.940. The zero-order valence-electron chi connectivity index (χ0n) is 9.56. The van der Waals surface area contributed by atoms with Crippen LogP contribution in [0.5, 0.6) is 5.75 Å². The van der Waals surface area contributed by atoms with Crippen molar-refractivity contribution in [2.75, 3.05) is 6.61 Å². The molecule has 100 valence electrons. The van der Waals surface area contributed by atoms with Crippen LogP contribution < -0.4 is 10.5 Å². The zero-order valence-corrected chi connectivity index (χ0v) is 10.3. The highest BCUT2D eigenvalue weighted by molar-refractivity contribution is 6.32. The normalized spacial score (nSPS) is 17.6. The summed E-state index contributed by atoms with van der Waals surface area (Å²) in [4.78, 5) is 0. The van der Waals surface area contributed by atoms with Crippen LogP contribution in [-0.2, 0) is 6.54 Å². The van der Waals surface area contributed by atoms with Gasteiger partial charge >= 0.3 is 6.18 Å². The maximum atomic E-state index is 12.7. The molecule has 0 bridgehead atoms. The van der Waals surface area contributed by atoms with Crippen molar-refractivity contribution < 1.29 is 17.9 Å². The molecule has 18 heavy (non-hydrogen) atoms. The van der Waals surface area contributed by atoms with Crippen LogP contribution in [-0.4, -0.2) is 12.8 Å². The number of ether oxygens (including phenoxy) is 1. The monoisotopic (exact) mass is 279 g/mol. The zero-order chi connectivity index (χ0) is 13.4. The first-order chi connectivity index (χ1) is 8.38. The van der Waals surface area contributed by atoms with Gasteiger partial charge in [0.25, 0.3) is 0 Å². The van der Waals surface area contributed by atoms with Crippen molar-refractivity contribution in [1.82, 2.24) is 0 Å². The average Bonchev–Trinajstić information content (AvgIpc) is 3.07. The van der Waals surface area contributed by atoms with Crippen LogP contribution >= 0.6 is 11.6 Å². The second-order valence-electron chi connectivity index (χ2n) is 4.54. The van der Waals surface area contributed by atoms with Crippen LogP contribution in [0.4, 0.5) is 13.2 Å². The summed E-state index contributed by atoms with van der Waals surface area (Å²) in [7, 11) is 0. The summed E-state index contributed by atoms with van der Waals surface area (Å²) in [6.07, 6.45) is -3.97. The van der Waals surface area contributed by atoms with Crippen LogP contribution in [0.25, 0.3) is 0 Å². The first-order valence-corrected chi connectivity index (χ1v) is 5.94. The number of halogens is 4. The van der Waals surface area contributed by atoms with Gasteiger partial charge < -0.3 is 10.5 Å². The predicted molar refractivity (Wildman–Crippen MR) is 62.6 cm³/mol. The second kappa shape index (κ2) is 4.63. The summed E-state index contributed by atoms with van der Waals surface area (Å²) in [5.74, 6) is 0.268. The molecule has 0 unspecified atom stereocenters. The Morgan fingerprint density at radius 1 is 1.33 bits per heavy atom. The summed E-state index contributed by atoms with van der Waals surface area (Å²) >= 11 is 5.91. The third kappa shape index (κ3) is 2.57. The highest BCUT2D eigenvalue weighted by Gasteiger charge is 2.63. The van der Waals surface area contributed by atoms with E-state index >= 15 is 0 Å². The molecule has 0 atom stereocenters. The Morgan fingerprint density at radius 2 is 2.00 bits per heavy atom. The van der Waals surface area contributed by atoms with E-state index in [1.54, 1.807) is 18.2 Å². The van der Waals surface area contributed by atoms with Gasteiger partial charge in [0.2, 0.25) is 0 Å². The molecule has 6 heteroatoms. The van der Waals surface area contributed by atoms with Crippen molar-refractivity contribution in [2.24, 2.45) is 11.1 Å². The Balaban J connectivity index is 2.03. The minimum atomic E-state index is -4.21. The standard InChI is InChI=1S/C12H13ClF3NO/c13-9-5-8(6-17)1-2-10(9)18-7-11(3-4-11)12(14,15)16/h1-2,5H,3-4,6-7,17H2. The molecule has 1 aliphatic carbocycles. The molecule has 2 rings (SSSR count). The number of hydrogen-bond donors (Lipinski definition) is 1. The Labute approximate surface area is 108 Å². The number of nitrogens with two attached hydrogens (primary N) is 1. The lowest BCUT2D eigenvalue weighted by atomic mass is 10.1. The third-order valence-corrected chi connectivity index (χ3v) is 3.49. The molecule has 0 spiro atoms. The van der Waals surface area contributed by atoms with Gasteiger partial charge in [-0.25, -0.2) is 0 Å². The van der Waals surface area contributed by atoms with E-state index < -0.39 is 11.6 Å². The van der Waals surface area contributed by atoms with Crippen molar-refractivity contribution in [1.29, 1.82) is 0 Å². The first-order valence-electron chi connectivity index (χ1n) is 5.56. The smallest absolute Gasteiger partial charge is 0.397 e. The van der Waals surface area contributed by atoms with Crippen LogP contribution in [0.1, 0.15) is 18.4 Å². The van der Waals surface area contributed by atoms with Gasteiger partial charge in [0.05, 0.1) is 5.02 Å². The molecule has 1 aromatic carbocycles. The molecule has 0 aromatic heterocycles. The largest absolute Gasteiger partial charge is 0.491 e. The Bertz CT molecular complexity index is 443. The molecule has 1 aromatic rings. The van der Waals surface area contributed by atoms with Gasteiger partial charge in [0.15, 0.2) is 0 Å². The predicted octanol–water partition coefficient (Wildman–Crippen LogP) is 3.52. The van der Waals surface area contributed by atoms with E-state index in [0.29, 0.717) is 6.54 Å². The molecule has 2 nitrogen and oxygen atoms in total. The Morgan fingerprint density at radius 3 is 2.44 bits per heavy atom. The molecule has 0 aliphatic heterocycles. The molecule has 0 radical (unpaired) electrons. The lowest BCUT2D eigenvalue weighted by molar-refractivity contribution is -0.194. The number of rotatable bonds is 4. The molecule has 0 heterocycles. The number of benzene rings is 1. The maximum absolute atomic E-state index is 12.7. The highest BCUT2D eigenvalue weighted by Crippen LogP contribution is 2.57. The molecule has 1 aliphatic rings. The van der Waals surface area contributed by atoms with Crippen LogP contribution in [0.15, 0.2) is 18.2 Å². The third-order valence-electron chi connectivity index (χ3n) is 3.19. The summed E-state index contributed by atoms with van der Waals surface area (Å²) in [5, 5.41) is 0.288. The quantitative estimate of drug-likeness (QED) is 0.915. The summed E-state index contributed by atoms with van der Waals surface area (Å²) in [5.41, 5.74) is 4.56. The fourth-order valence-electron chi connectivity index (χ4n) is 1.66. The van der Waals surface area contributed by atoms with E-state index in [4.69, 9.17) is 22.1 Å². The van der Waals surface area contributed by atoms with Gasteiger partial charge in [-0.1, -0.05) is 17.7 Å². The van der Waals surface area contributed by atoms with E-state index in [9.17, 15) is 13.2 Å². The van der Waals surface area contributed by atoms with Crippen LogP contribution in [0.3, 0.4) is 0 Å². The second-order valence-corrected chi connectivity index (χ2v) is 4.94. The number of hydrogen-bond acceptors (Lipinski definition) is 2. The molecular formula is C12H13ClF3NO. The van der Waals surface area contributed by atoms with Crippen molar-refractivity contribution in [3.63, 3.8) is 0 Å². The average molecular weight is 280 g/mol. The molecule has 1 saturated carbocycles. The minimum absolute atomic E-state index is 0.120. The Kier molecular flexibility index (Phi) is 3.47. The van der Waals surface area contributed by atoms with Gasteiger partial charge in [-0.3, -0.25) is 0 Å².